The molecule has 1 aliphatic rings. The SMILES string of the molecule is O=CC1=Cc2ccc(C(F)(F)F)cc2OC1. The van der Waals surface area contributed by atoms with Crippen molar-refractivity contribution in [3.05, 3.63) is 34.9 Å². The Balaban J connectivity index is 2.43. The summed E-state index contributed by atoms with van der Waals surface area (Å²) < 4.78 is 42.2. The number of alkyl halides is 3. The van der Waals surface area contributed by atoms with E-state index in [0.717, 1.165) is 12.1 Å². The van der Waals surface area contributed by atoms with Crippen LogP contribution in [0.3, 0.4) is 0 Å². The summed E-state index contributed by atoms with van der Waals surface area (Å²) in [6.07, 6.45) is -2.24. The molecular weight excluding hydrogens is 221 g/mol. The van der Waals surface area contributed by atoms with Gasteiger partial charge in [-0.05, 0) is 18.2 Å². The zero-order valence-electron chi connectivity index (χ0n) is 8.04. The Morgan fingerprint density at radius 2 is 2.06 bits per heavy atom. The van der Waals surface area contributed by atoms with Crippen LogP contribution in [-0.2, 0) is 11.0 Å². The van der Waals surface area contributed by atoms with Gasteiger partial charge in [-0.3, -0.25) is 4.79 Å². The summed E-state index contributed by atoms with van der Waals surface area (Å²) in [4.78, 5) is 10.5. The Bertz CT molecular complexity index is 461. The molecule has 0 aromatic heterocycles. The second-order valence-electron chi connectivity index (χ2n) is 3.38. The normalized spacial score (nSPS) is 14.8. The van der Waals surface area contributed by atoms with Gasteiger partial charge in [-0.15, -0.1) is 0 Å². The zero-order valence-corrected chi connectivity index (χ0v) is 8.04. The molecule has 1 aromatic rings. The van der Waals surface area contributed by atoms with E-state index in [9.17, 15) is 18.0 Å². The van der Waals surface area contributed by atoms with Crippen molar-refractivity contribution < 1.29 is 22.7 Å². The van der Waals surface area contributed by atoms with Crippen LogP contribution in [0.4, 0.5) is 13.2 Å². The van der Waals surface area contributed by atoms with E-state index >= 15 is 0 Å². The van der Waals surface area contributed by atoms with Crippen LogP contribution in [0.5, 0.6) is 5.75 Å². The minimum Gasteiger partial charge on any atom is -0.488 e. The first kappa shape index (κ1) is 10.7. The maximum absolute atomic E-state index is 12.4. The van der Waals surface area contributed by atoms with E-state index in [-0.39, 0.29) is 12.4 Å². The summed E-state index contributed by atoms with van der Waals surface area (Å²) in [6, 6.07) is 3.20. The highest BCUT2D eigenvalue weighted by atomic mass is 19.4. The summed E-state index contributed by atoms with van der Waals surface area (Å²) in [5, 5.41) is 0. The van der Waals surface area contributed by atoms with Gasteiger partial charge in [-0.1, -0.05) is 6.07 Å². The number of hydrogen-bond acceptors (Lipinski definition) is 2. The topological polar surface area (TPSA) is 26.3 Å². The number of carbonyl (C=O) groups excluding carboxylic acids is 1. The largest absolute Gasteiger partial charge is 0.488 e. The minimum absolute atomic E-state index is 0.0117. The van der Waals surface area contributed by atoms with Crippen molar-refractivity contribution in [2.45, 2.75) is 6.18 Å². The number of hydrogen-bond donors (Lipinski definition) is 0. The van der Waals surface area contributed by atoms with Gasteiger partial charge in [0.05, 0.1) is 5.56 Å². The number of fused-ring (bicyclic) bond motifs is 1. The molecule has 0 spiro atoms. The van der Waals surface area contributed by atoms with Gasteiger partial charge in [0.25, 0.3) is 0 Å². The predicted molar refractivity (Wildman–Crippen MR) is 51.0 cm³/mol. The average Bonchev–Trinajstić information content (AvgIpc) is 2.26. The van der Waals surface area contributed by atoms with Gasteiger partial charge >= 0.3 is 6.18 Å². The monoisotopic (exact) mass is 228 g/mol. The molecule has 0 radical (unpaired) electrons. The average molecular weight is 228 g/mol. The number of ether oxygens (including phenoxy) is 1. The van der Waals surface area contributed by atoms with E-state index in [4.69, 9.17) is 4.74 Å². The van der Waals surface area contributed by atoms with Crippen molar-refractivity contribution in [3.63, 3.8) is 0 Å². The predicted octanol–water partition coefficient (Wildman–Crippen LogP) is 2.68. The smallest absolute Gasteiger partial charge is 0.416 e. The third-order valence-corrected chi connectivity index (χ3v) is 2.23. The van der Waals surface area contributed by atoms with Gasteiger partial charge in [0.2, 0.25) is 0 Å². The molecule has 0 saturated carbocycles. The van der Waals surface area contributed by atoms with Gasteiger partial charge in [-0.25, -0.2) is 0 Å². The van der Waals surface area contributed by atoms with Crippen molar-refractivity contribution in [2.24, 2.45) is 0 Å². The number of carbonyl (C=O) groups is 1. The highest BCUT2D eigenvalue weighted by molar-refractivity contribution is 5.84. The summed E-state index contributed by atoms with van der Waals surface area (Å²) in [5.74, 6) is 0.153. The molecule has 2 rings (SSSR count). The van der Waals surface area contributed by atoms with Gasteiger partial charge < -0.3 is 4.74 Å². The zero-order chi connectivity index (χ0) is 11.8. The lowest BCUT2D eigenvalue weighted by molar-refractivity contribution is -0.137. The van der Waals surface area contributed by atoms with Crippen molar-refractivity contribution in [1.29, 1.82) is 0 Å². The number of aldehydes is 1. The summed E-state index contributed by atoms with van der Waals surface area (Å²) in [5.41, 5.74) is 0.141. The van der Waals surface area contributed by atoms with Crippen LogP contribution in [0.2, 0.25) is 0 Å². The van der Waals surface area contributed by atoms with Crippen LogP contribution in [0.15, 0.2) is 23.8 Å². The molecule has 2 nitrogen and oxygen atoms in total. The third-order valence-electron chi connectivity index (χ3n) is 2.23. The molecule has 1 heterocycles. The first-order valence-corrected chi connectivity index (χ1v) is 4.50. The molecule has 0 bridgehead atoms. The summed E-state index contributed by atoms with van der Waals surface area (Å²) in [7, 11) is 0. The first-order chi connectivity index (χ1) is 7.50. The van der Waals surface area contributed by atoms with Crippen molar-refractivity contribution in [2.75, 3.05) is 6.61 Å². The van der Waals surface area contributed by atoms with Crippen LogP contribution in [0.1, 0.15) is 11.1 Å². The Kier molecular flexibility index (Phi) is 2.46. The van der Waals surface area contributed by atoms with Crippen molar-refractivity contribution in [3.8, 4) is 5.75 Å². The summed E-state index contributed by atoms with van der Waals surface area (Å²) >= 11 is 0. The van der Waals surface area contributed by atoms with E-state index in [2.05, 4.69) is 0 Å². The Morgan fingerprint density at radius 3 is 2.69 bits per heavy atom. The maximum atomic E-state index is 12.4. The lowest BCUT2D eigenvalue weighted by Gasteiger charge is -2.16. The van der Waals surface area contributed by atoms with E-state index in [1.54, 1.807) is 0 Å². The fraction of sp³-hybridized carbons (Fsp3) is 0.182. The lowest BCUT2D eigenvalue weighted by Crippen LogP contribution is -2.10. The fourth-order valence-corrected chi connectivity index (χ4v) is 1.43. The molecule has 0 aliphatic carbocycles. The van der Waals surface area contributed by atoms with E-state index < -0.39 is 11.7 Å². The Hall–Kier alpha value is -1.78. The molecule has 0 atom stereocenters. The number of rotatable bonds is 1. The van der Waals surface area contributed by atoms with Crippen LogP contribution in [0.25, 0.3) is 6.08 Å². The van der Waals surface area contributed by atoms with E-state index in [1.807, 2.05) is 0 Å². The van der Waals surface area contributed by atoms with Crippen LogP contribution < -0.4 is 4.74 Å². The van der Waals surface area contributed by atoms with Crippen LogP contribution >= 0.6 is 0 Å². The molecule has 1 aliphatic heterocycles. The van der Waals surface area contributed by atoms with E-state index in [0.29, 0.717) is 17.4 Å². The highest BCUT2D eigenvalue weighted by Gasteiger charge is 2.31. The molecule has 84 valence electrons. The molecule has 0 amide bonds. The van der Waals surface area contributed by atoms with Crippen LogP contribution in [-0.4, -0.2) is 12.9 Å². The Morgan fingerprint density at radius 1 is 1.31 bits per heavy atom. The molecule has 0 unspecified atom stereocenters. The molecule has 1 aromatic carbocycles. The van der Waals surface area contributed by atoms with Gasteiger partial charge in [-0.2, -0.15) is 13.2 Å². The molecule has 16 heavy (non-hydrogen) atoms. The van der Waals surface area contributed by atoms with Crippen molar-refractivity contribution in [1.82, 2.24) is 0 Å². The van der Waals surface area contributed by atoms with Crippen LogP contribution in [0, 0.1) is 0 Å². The minimum atomic E-state index is -4.38. The van der Waals surface area contributed by atoms with Gasteiger partial charge in [0.15, 0.2) is 0 Å². The number of benzene rings is 1. The Labute approximate surface area is 89.3 Å². The highest BCUT2D eigenvalue weighted by Crippen LogP contribution is 2.35. The fourth-order valence-electron chi connectivity index (χ4n) is 1.43. The molecular formula is C11H7F3O2. The summed E-state index contributed by atoms with van der Waals surface area (Å²) in [6.45, 7) is 0.0117. The first-order valence-electron chi connectivity index (χ1n) is 4.50. The molecule has 5 heteroatoms. The maximum Gasteiger partial charge on any atom is 0.416 e. The third kappa shape index (κ3) is 1.93. The molecule has 0 saturated heterocycles. The quantitative estimate of drug-likeness (QED) is 0.691. The van der Waals surface area contributed by atoms with Gasteiger partial charge in [0.1, 0.15) is 18.6 Å². The van der Waals surface area contributed by atoms with Gasteiger partial charge in [0, 0.05) is 11.1 Å². The van der Waals surface area contributed by atoms with E-state index in [1.165, 1.54) is 12.1 Å². The second-order valence-corrected chi connectivity index (χ2v) is 3.38. The lowest BCUT2D eigenvalue weighted by atomic mass is 10.1. The standard InChI is InChI=1S/C11H7F3O2/c12-11(13,14)9-2-1-8-3-7(5-15)6-16-10(8)4-9/h1-5H,6H2. The number of halogens is 3. The van der Waals surface area contributed by atoms with Crippen molar-refractivity contribution >= 4 is 12.4 Å². The molecule has 0 fully saturated rings. The molecule has 0 N–H and O–H groups in total. The second kappa shape index (κ2) is 3.66.